The van der Waals surface area contributed by atoms with E-state index >= 15 is 0 Å². The minimum Gasteiger partial charge on any atom is -0.493 e. The molecular weight excluding hydrogens is 272 g/mol. The molecule has 2 rings (SSSR count). The molecule has 116 valence electrons. The molecule has 0 radical (unpaired) electrons. The topological polar surface area (TPSA) is 71.0 Å². The number of amides is 1. The molecule has 1 aromatic carbocycles. The van der Waals surface area contributed by atoms with Crippen LogP contribution in [-0.4, -0.2) is 56.4 Å². The Morgan fingerprint density at radius 2 is 1.95 bits per heavy atom. The van der Waals surface area contributed by atoms with E-state index in [2.05, 4.69) is 10.2 Å². The van der Waals surface area contributed by atoms with E-state index in [0.717, 1.165) is 24.3 Å². The molecule has 6 nitrogen and oxygen atoms in total. The molecule has 0 unspecified atom stereocenters. The molecule has 1 heterocycles. The number of fused-ring (bicyclic) bond motifs is 1. The van der Waals surface area contributed by atoms with Crippen molar-refractivity contribution in [3.8, 4) is 11.5 Å². The smallest absolute Gasteiger partial charge is 0.234 e. The van der Waals surface area contributed by atoms with Gasteiger partial charge in [-0.05, 0) is 29.7 Å². The molecular formula is C15H22N2O4. The Hall–Kier alpha value is -1.79. The van der Waals surface area contributed by atoms with Gasteiger partial charge in [0.2, 0.25) is 5.91 Å². The lowest BCUT2D eigenvalue weighted by Crippen LogP contribution is -2.40. The van der Waals surface area contributed by atoms with E-state index in [9.17, 15) is 4.79 Å². The number of aliphatic hydroxyl groups is 1. The van der Waals surface area contributed by atoms with Crippen molar-refractivity contribution in [2.24, 2.45) is 0 Å². The lowest BCUT2D eigenvalue weighted by Gasteiger charge is -2.29. The van der Waals surface area contributed by atoms with Crippen molar-refractivity contribution in [3.05, 3.63) is 23.3 Å². The summed E-state index contributed by atoms with van der Waals surface area (Å²) in [5, 5.41) is 11.4. The summed E-state index contributed by atoms with van der Waals surface area (Å²) in [7, 11) is 3.25. The average molecular weight is 294 g/mol. The van der Waals surface area contributed by atoms with E-state index in [4.69, 9.17) is 14.6 Å². The van der Waals surface area contributed by atoms with Crippen molar-refractivity contribution in [1.82, 2.24) is 10.2 Å². The molecule has 1 aliphatic heterocycles. The molecule has 0 atom stereocenters. The van der Waals surface area contributed by atoms with E-state index in [0.29, 0.717) is 25.4 Å². The quantitative estimate of drug-likeness (QED) is 0.782. The Balaban J connectivity index is 2.04. The predicted molar refractivity (Wildman–Crippen MR) is 78.6 cm³/mol. The van der Waals surface area contributed by atoms with Crippen LogP contribution < -0.4 is 14.8 Å². The average Bonchev–Trinajstić information content (AvgIpc) is 2.51. The van der Waals surface area contributed by atoms with Gasteiger partial charge in [-0.1, -0.05) is 0 Å². The minimum absolute atomic E-state index is 0.0361. The van der Waals surface area contributed by atoms with Gasteiger partial charge in [0.05, 0.1) is 27.4 Å². The van der Waals surface area contributed by atoms with E-state index in [1.807, 2.05) is 12.1 Å². The van der Waals surface area contributed by atoms with Gasteiger partial charge in [0.15, 0.2) is 11.5 Å². The largest absolute Gasteiger partial charge is 0.493 e. The first-order chi connectivity index (χ1) is 10.2. The van der Waals surface area contributed by atoms with Crippen LogP contribution in [0.3, 0.4) is 0 Å². The first kappa shape index (κ1) is 15.6. The maximum atomic E-state index is 11.7. The second kappa shape index (κ2) is 7.28. The summed E-state index contributed by atoms with van der Waals surface area (Å²) in [4.78, 5) is 13.8. The first-order valence-corrected chi connectivity index (χ1v) is 7.01. The van der Waals surface area contributed by atoms with Gasteiger partial charge in [0, 0.05) is 19.6 Å². The van der Waals surface area contributed by atoms with Crippen LogP contribution in [0, 0.1) is 0 Å². The van der Waals surface area contributed by atoms with E-state index in [-0.39, 0.29) is 12.5 Å². The van der Waals surface area contributed by atoms with Gasteiger partial charge in [-0.25, -0.2) is 0 Å². The summed E-state index contributed by atoms with van der Waals surface area (Å²) in [5.41, 5.74) is 2.40. The molecule has 0 aromatic heterocycles. The van der Waals surface area contributed by atoms with Crippen LogP contribution in [0.1, 0.15) is 11.1 Å². The van der Waals surface area contributed by atoms with E-state index in [1.165, 1.54) is 5.56 Å². The number of hydrogen-bond acceptors (Lipinski definition) is 5. The SMILES string of the molecule is COc1cc2c(cc1OC)CN(CC(=O)NCCO)CC2. The van der Waals surface area contributed by atoms with Crippen LogP contribution in [0.5, 0.6) is 11.5 Å². The third-order valence-corrected chi connectivity index (χ3v) is 3.60. The molecule has 21 heavy (non-hydrogen) atoms. The molecule has 1 aromatic rings. The van der Waals surface area contributed by atoms with Gasteiger partial charge < -0.3 is 19.9 Å². The van der Waals surface area contributed by atoms with Crippen LogP contribution in [0.25, 0.3) is 0 Å². The zero-order valence-electron chi connectivity index (χ0n) is 12.5. The fourth-order valence-corrected chi connectivity index (χ4v) is 2.53. The number of benzene rings is 1. The highest BCUT2D eigenvalue weighted by Gasteiger charge is 2.20. The highest BCUT2D eigenvalue weighted by atomic mass is 16.5. The lowest BCUT2D eigenvalue weighted by atomic mass is 9.99. The summed E-state index contributed by atoms with van der Waals surface area (Å²) in [5.74, 6) is 1.39. The second-order valence-electron chi connectivity index (χ2n) is 5.01. The van der Waals surface area contributed by atoms with Crippen LogP contribution in [0.15, 0.2) is 12.1 Å². The van der Waals surface area contributed by atoms with Gasteiger partial charge >= 0.3 is 0 Å². The van der Waals surface area contributed by atoms with Crippen LogP contribution in [0.2, 0.25) is 0 Å². The third-order valence-electron chi connectivity index (χ3n) is 3.60. The van der Waals surface area contributed by atoms with Crippen molar-refractivity contribution in [1.29, 1.82) is 0 Å². The second-order valence-corrected chi connectivity index (χ2v) is 5.01. The summed E-state index contributed by atoms with van der Waals surface area (Å²) in [6.07, 6.45) is 0.878. The number of carbonyl (C=O) groups is 1. The molecule has 1 aliphatic rings. The number of hydrogen-bond donors (Lipinski definition) is 2. The molecule has 0 saturated heterocycles. The van der Waals surface area contributed by atoms with Gasteiger partial charge in [0.1, 0.15) is 0 Å². The molecule has 0 spiro atoms. The zero-order valence-corrected chi connectivity index (χ0v) is 12.5. The maximum Gasteiger partial charge on any atom is 0.234 e. The summed E-state index contributed by atoms with van der Waals surface area (Å²) in [6, 6.07) is 3.99. The molecule has 2 N–H and O–H groups in total. The number of carbonyl (C=O) groups excluding carboxylic acids is 1. The van der Waals surface area contributed by atoms with E-state index in [1.54, 1.807) is 14.2 Å². The molecule has 0 bridgehead atoms. The van der Waals surface area contributed by atoms with Crippen molar-refractivity contribution in [3.63, 3.8) is 0 Å². The molecule has 6 heteroatoms. The molecule has 1 amide bonds. The number of rotatable bonds is 6. The highest BCUT2D eigenvalue weighted by molar-refractivity contribution is 5.78. The Morgan fingerprint density at radius 1 is 1.29 bits per heavy atom. The fraction of sp³-hybridized carbons (Fsp3) is 0.533. The highest BCUT2D eigenvalue weighted by Crippen LogP contribution is 2.33. The Morgan fingerprint density at radius 3 is 2.57 bits per heavy atom. The Bertz CT molecular complexity index is 505. The van der Waals surface area contributed by atoms with Gasteiger partial charge in [-0.2, -0.15) is 0 Å². The number of methoxy groups -OCH3 is 2. The fourth-order valence-electron chi connectivity index (χ4n) is 2.53. The molecule has 0 fully saturated rings. The van der Waals surface area contributed by atoms with Gasteiger partial charge in [0.25, 0.3) is 0 Å². The third kappa shape index (κ3) is 3.86. The maximum absolute atomic E-state index is 11.7. The Kier molecular flexibility index (Phi) is 5.41. The summed E-state index contributed by atoms with van der Waals surface area (Å²) < 4.78 is 10.6. The van der Waals surface area contributed by atoms with Crippen LogP contribution in [-0.2, 0) is 17.8 Å². The number of aliphatic hydroxyl groups excluding tert-OH is 1. The van der Waals surface area contributed by atoms with Gasteiger partial charge in [-0.3, -0.25) is 9.69 Å². The minimum atomic E-state index is -0.0621. The zero-order chi connectivity index (χ0) is 15.2. The predicted octanol–water partition coefficient (Wildman–Crippen LogP) is 0.170. The van der Waals surface area contributed by atoms with Crippen molar-refractivity contribution < 1.29 is 19.4 Å². The Labute approximate surface area is 124 Å². The molecule has 0 aliphatic carbocycles. The monoisotopic (exact) mass is 294 g/mol. The lowest BCUT2D eigenvalue weighted by molar-refractivity contribution is -0.122. The normalized spacial score (nSPS) is 14.4. The number of nitrogens with one attached hydrogen (secondary N) is 1. The first-order valence-electron chi connectivity index (χ1n) is 7.01. The van der Waals surface area contributed by atoms with Crippen LogP contribution >= 0.6 is 0 Å². The standard InChI is InChI=1S/C15H22N2O4/c1-20-13-7-11-3-5-17(10-15(19)16-4-6-18)9-12(11)8-14(13)21-2/h7-8,18H,3-6,9-10H2,1-2H3,(H,16,19). The summed E-state index contributed by atoms with van der Waals surface area (Å²) in [6.45, 7) is 2.14. The van der Waals surface area contributed by atoms with Crippen LogP contribution in [0.4, 0.5) is 0 Å². The van der Waals surface area contributed by atoms with Crippen molar-refractivity contribution in [2.75, 3.05) is 40.5 Å². The van der Waals surface area contributed by atoms with Gasteiger partial charge in [-0.15, -0.1) is 0 Å². The van der Waals surface area contributed by atoms with Crippen molar-refractivity contribution in [2.45, 2.75) is 13.0 Å². The summed E-state index contributed by atoms with van der Waals surface area (Å²) >= 11 is 0. The van der Waals surface area contributed by atoms with Crippen molar-refractivity contribution >= 4 is 5.91 Å². The van der Waals surface area contributed by atoms with E-state index < -0.39 is 0 Å². The number of ether oxygens (including phenoxy) is 2. The molecule has 0 saturated carbocycles. The number of nitrogens with zero attached hydrogens (tertiary/aromatic N) is 1.